The summed E-state index contributed by atoms with van der Waals surface area (Å²) in [6.45, 7) is 5.84. The molecular formula is C17H18O2. The molecule has 0 aromatic heterocycles. The predicted octanol–water partition coefficient (Wildman–Crippen LogP) is 4.80. The molecule has 2 nitrogen and oxygen atoms in total. The molecule has 0 spiro atoms. The first-order chi connectivity index (χ1) is 9.08. The molecule has 2 rings (SSSR count). The fourth-order valence-corrected chi connectivity index (χ4v) is 1.94. The van der Waals surface area contributed by atoms with Gasteiger partial charge in [0.1, 0.15) is 11.5 Å². The smallest absolute Gasteiger partial charge is 0.159 e. The van der Waals surface area contributed by atoms with Crippen LogP contribution in [0.15, 0.2) is 48.5 Å². The Kier molecular flexibility index (Phi) is 4.00. The molecule has 0 radical (unpaired) electrons. The number of carbonyl (C=O) groups is 1. The first-order valence-corrected chi connectivity index (χ1v) is 6.45. The van der Waals surface area contributed by atoms with Crippen molar-refractivity contribution in [3.63, 3.8) is 0 Å². The SMILES string of the molecule is CC(=O)c1ccc(Oc2ccccc2C(C)C)cc1. The topological polar surface area (TPSA) is 26.3 Å². The maximum Gasteiger partial charge on any atom is 0.159 e. The molecule has 19 heavy (non-hydrogen) atoms. The average molecular weight is 254 g/mol. The summed E-state index contributed by atoms with van der Waals surface area (Å²) in [5, 5.41) is 0. The van der Waals surface area contributed by atoms with E-state index >= 15 is 0 Å². The second-order valence-electron chi connectivity index (χ2n) is 4.88. The van der Waals surface area contributed by atoms with Crippen LogP contribution in [0.4, 0.5) is 0 Å². The molecule has 0 heterocycles. The number of ether oxygens (including phenoxy) is 1. The lowest BCUT2D eigenvalue weighted by Gasteiger charge is -2.13. The minimum absolute atomic E-state index is 0.0640. The zero-order valence-corrected chi connectivity index (χ0v) is 11.5. The van der Waals surface area contributed by atoms with Crippen molar-refractivity contribution in [2.75, 3.05) is 0 Å². The maximum absolute atomic E-state index is 11.2. The molecule has 2 aromatic rings. The molecule has 0 amide bonds. The number of hydrogen-bond donors (Lipinski definition) is 0. The van der Waals surface area contributed by atoms with Crippen molar-refractivity contribution in [3.8, 4) is 11.5 Å². The van der Waals surface area contributed by atoms with Crippen molar-refractivity contribution in [2.45, 2.75) is 26.7 Å². The molecule has 0 saturated heterocycles. The Bertz CT molecular complexity index is 568. The van der Waals surface area contributed by atoms with E-state index in [1.807, 2.05) is 30.3 Å². The molecule has 0 bridgehead atoms. The highest BCUT2D eigenvalue weighted by Gasteiger charge is 2.08. The maximum atomic E-state index is 11.2. The summed E-state index contributed by atoms with van der Waals surface area (Å²) in [7, 11) is 0. The molecule has 0 aliphatic heterocycles. The Balaban J connectivity index is 2.24. The summed E-state index contributed by atoms with van der Waals surface area (Å²) in [6.07, 6.45) is 0. The fourth-order valence-electron chi connectivity index (χ4n) is 1.94. The molecule has 0 aliphatic carbocycles. The number of Topliss-reactive ketones (excluding diaryl/α,β-unsaturated/α-hetero) is 1. The van der Waals surface area contributed by atoms with Crippen LogP contribution in [0.2, 0.25) is 0 Å². The van der Waals surface area contributed by atoms with Crippen molar-refractivity contribution in [1.29, 1.82) is 0 Å². The fraction of sp³-hybridized carbons (Fsp3) is 0.235. The molecule has 98 valence electrons. The first-order valence-electron chi connectivity index (χ1n) is 6.45. The molecule has 0 aliphatic rings. The second-order valence-corrected chi connectivity index (χ2v) is 4.88. The summed E-state index contributed by atoms with van der Waals surface area (Å²) in [5.41, 5.74) is 1.88. The van der Waals surface area contributed by atoms with E-state index < -0.39 is 0 Å². The van der Waals surface area contributed by atoms with Crippen LogP contribution in [-0.4, -0.2) is 5.78 Å². The van der Waals surface area contributed by atoms with E-state index in [9.17, 15) is 4.79 Å². The van der Waals surface area contributed by atoms with E-state index in [1.165, 1.54) is 5.56 Å². The van der Waals surface area contributed by atoms with E-state index in [1.54, 1.807) is 19.1 Å². The van der Waals surface area contributed by atoms with Gasteiger partial charge in [0.25, 0.3) is 0 Å². The summed E-state index contributed by atoms with van der Waals surface area (Å²) < 4.78 is 5.89. The number of rotatable bonds is 4. The van der Waals surface area contributed by atoms with Gasteiger partial charge in [-0.25, -0.2) is 0 Å². The van der Waals surface area contributed by atoms with Crippen molar-refractivity contribution in [2.24, 2.45) is 0 Å². The molecule has 0 fully saturated rings. The molecule has 2 heteroatoms. The molecular weight excluding hydrogens is 236 g/mol. The van der Waals surface area contributed by atoms with Crippen LogP contribution in [-0.2, 0) is 0 Å². The Morgan fingerprint density at radius 3 is 2.21 bits per heavy atom. The van der Waals surface area contributed by atoms with Gasteiger partial charge in [-0.1, -0.05) is 32.0 Å². The quantitative estimate of drug-likeness (QED) is 0.732. The van der Waals surface area contributed by atoms with Crippen LogP contribution in [0.5, 0.6) is 11.5 Å². The van der Waals surface area contributed by atoms with Crippen molar-refractivity contribution >= 4 is 5.78 Å². The van der Waals surface area contributed by atoms with Crippen LogP contribution in [0.3, 0.4) is 0 Å². The van der Waals surface area contributed by atoms with E-state index in [0.29, 0.717) is 11.5 Å². The highest BCUT2D eigenvalue weighted by molar-refractivity contribution is 5.94. The van der Waals surface area contributed by atoms with Gasteiger partial charge < -0.3 is 4.74 Å². The number of ketones is 1. The van der Waals surface area contributed by atoms with Gasteiger partial charge in [-0.3, -0.25) is 4.79 Å². The summed E-state index contributed by atoms with van der Waals surface area (Å²) >= 11 is 0. The van der Waals surface area contributed by atoms with Crippen LogP contribution in [0.1, 0.15) is 42.6 Å². The van der Waals surface area contributed by atoms with Gasteiger partial charge in [0.05, 0.1) is 0 Å². The highest BCUT2D eigenvalue weighted by atomic mass is 16.5. The van der Waals surface area contributed by atoms with Gasteiger partial charge in [-0.15, -0.1) is 0 Å². The van der Waals surface area contributed by atoms with Gasteiger partial charge in [0, 0.05) is 5.56 Å². The van der Waals surface area contributed by atoms with Crippen LogP contribution < -0.4 is 4.74 Å². The van der Waals surface area contributed by atoms with E-state index in [0.717, 1.165) is 11.5 Å². The zero-order chi connectivity index (χ0) is 13.8. The molecule has 2 aromatic carbocycles. The lowest BCUT2D eigenvalue weighted by atomic mass is 10.0. The minimum Gasteiger partial charge on any atom is -0.457 e. The van der Waals surface area contributed by atoms with Crippen LogP contribution in [0.25, 0.3) is 0 Å². The average Bonchev–Trinajstić information content (AvgIpc) is 2.39. The van der Waals surface area contributed by atoms with Gasteiger partial charge >= 0.3 is 0 Å². The lowest BCUT2D eigenvalue weighted by molar-refractivity contribution is 0.101. The van der Waals surface area contributed by atoms with E-state index in [4.69, 9.17) is 4.74 Å². The second kappa shape index (κ2) is 5.70. The highest BCUT2D eigenvalue weighted by Crippen LogP contribution is 2.30. The Morgan fingerprint density at radius 2 is 1.63 bits per heavy atom. The van der Waals surface area contributed by atoms with Crippen molar-refractivity contribution < 1.29 is 9.53 Å². The largest absolute Gasteiger partial charge is 0.457 e. The van der Waals surface area contributed by atoms with Crippen LogP contribution in [0, 0.1) is 0 Å². The number of para-hydroxylation sites is 1. The summed E-state index contributed by atoms with van der Waals surface area (Å²) in [6, 6.07) is 15.2. The Morgan fingerprint density at radius 1 is 1.00 bits per heavy atom. The monoisotopic (exact) mass is 254 g/mol. The molecule has 0 atom stereocenters. The van der Waals surface area contributed by atoms with Gasteiger partial charge in [-0.2, -0.15) is 0 Å². The Hall–Kier alpha value is -2.09. The van der Waals surface area contributed by atoms with Crippen LogP contribution >= 0.6 is 0 Å². The third-order valence-electron chi connectivity index (χ3n) is 3.03. The molecule has 0 saturated carbocycles. The normalized spacial score (nSPS) is 10.5. The van der Waals surface area contributed by atoms with Crippen molar-refractivity contribution in [3.05, 3.63) is 59.7 Å². The van der Waals surface area contributed by atoms with Gasteiger partial charge in [-0.05, 0) is 48.7 Å². The van der Waals surface area contributed by atoms with E-state index in [2.05, 4.69) is 19.9 Å². The van der Waals surface area contributed by atoms with Gasteiger partial charge in [0.15, 0.2) is 5.78 Å². The number of hydrogen-bond acceptors (Lipinski definition) is 2. The minimum atomic E-state index is 0.0640. The lowest BCUT2D eigenvalue weighted by Crippen LogP contribution is -1.95. The zero-order valence-electron chi connectivity index (χ0n) is 11.5. The summed E-state index contributed by atoms with van der Waals surface area (Å²) in [4.78, 5) is 11.2. The third-order valence-corrected chi connectivity index (χ3v) is 3.03. The standard InChI is InChI=1S/C17H18O2/c1-12(2)16-6-4-5-7-17(16)19-15-10-8-14(9-11-15)13(3)18/h4-12H,1-3H3. The number of carbonyl (C=O) groups excluding carboxylic acids is 1. The number of benzene rings is 2. The van der Waals surface area contributed by atoms with Gasteiger partial charge in [0.2, 0.25) is 0 Å². The molecule has 0 N–H and O–H groups in total. The third kappa shape index (κ3) is 3.22. The first kappa shape index (κ1) is 13.3. The van der Waals surface area contributed by atoms with E-state index in [-0.39, 0.29) is 5.78 Å². The Labute approximate surface area is 114 Å². The predicted molar refractivity (Wildman–Crippen MR) is 77.1 cm³/mol. The molecule has 0 unspecified atom stereocenters. The van der Waals surface area contributed by atoms with Crippen molar-refractivity contribution in [1.82, 2.24) is 0 Å². The summed E-state index contributed by atoms with van der Waals surface area (Å²) in [5.74, 6) is 2.09.